The summed E-state index contributed by atoms with van der Waals surface area (Å²) in [6.07, 6.45) is 3.27. The zero-order chi connectivity index (χ0) is 16.8. The van der Waals surface area contributed by atoms with Gasteiger partial charge in [-0.25, -0.2) is 4.39 Å². The van der Waals surface area contributed by atoms with Crippen molar-refractivity contribution in [1.29, 1.82) is 0 Å². The summed E-state index contributed by atoms with van der Waals surface area (Å²) in [5.41, 5.74) is 0.104. The van der Waals surface area contributed by atoms with Crippen LogP contribution in [0.1, 0.15) is 49.9 Å². The molecule has 5 heteroatoms. The number of rotatable bonds is 5. The smallest absolute Gasteiger partial charge is 0.256 e. The number of likely N-dealkylation sites (tertiary alicyclic amines) is 1. The molecule has 0 aliphatic carbocycles. The molecule has 4 nitrogen and oxygen atoms in total. The molecule has 1 heterocycles. The molecular formula is C18H25FN2O2. The summed E-state index contributed by atoms with van der Waals surface area (Å²) in [5, 5.41) is 3.03. The Hall–Kier alpha value is -1.91. The van der Waals surface area contributed by atoms with E-state index in [-0.39, 0.29) is 29.3 Å². The Morgan fingerprint density at radius 3 is 2.57 bits per heavy atom. The largest absolute Gasteiger partial charge is 0.353 e. The van der Waals surface area contributed by atoms with Gasteiger partial charge in [-0.2, -0.15) is 0 Å². The van der Waals surface area contributed by atoms with Crippen LogP contribution >= 0.6 is 0 Å². The van der Waals surface area contributed by atoms with E-state index in [1.807, 2.05) is 6.92 Å². The Labute approximate surface area is 137 Å². The molecular weight excluding hydrogens is 295 g/mol. The number of carbonyl (C=O) groups is 2. The van der Waals surface area contributed by atoms with Crippen molar-refractivity contribution in [1.82, 2.24) is 10.2 Å². The number of nitrogens with zero attached hydrogens (tertiary/aromatic N) is 1. The van der Waals surface area contributed by atoms with Crippen LogP contribution in [0.4, 0.5) is 4.39 Å². The van der Waals surface area contributed by atoms with E-state index in [1.54, 1.807) is 17.0 Å². The third-order valence-corrected chi connectivity index (χ3v) is 4.37. The van der Waals surface area contributed by atoms with Crippen LogP contribution in [0.25, 0.3) is 0 Å². The van der Waals surface area contributed by atoms with Crippen molar-refractivity contribution in [2.24, 2.45) is 5.92 Å². The Morgan fingerprint density at radius 1 is 1.30 bits per heavy atom. The molecule has 1 aromatic rings. The van der Waals surface area contributed by atoms with Gasteiger partial charge in [-0.1, -0.05) is 25.5 Å². The lowest BCUT2D eigenvalue weighted by Crippen LogP contribution is -2.45. The van der Waals surface area contributed by atoms with Crippen LogP contribution in [-0.2, 0) is 4.79 Å². The van der Waals surface area contributed by atoms with Gasteiger partial charge in [0.1, 0.15) is 5.82 Å². The number of nitrogens with one attached hydrogen (secondary N) is 1. The fourth-order valence-electron chi connectivity index (χ4n) is 3.02. The minimum atomic E-state index is -0.495. The molecule has 1 aliphatic rings. The molecule has 23 heavy (non-hydrogen) atoms. The lowest BCUT2D eigenvalue weighted by Gasteiger charge is -2.32. The average Bonchev–Trinajstić information content (AvgIpc) is 2.55. The molecule has 1 unspecified atom stereocenters. The summed E-state index contributed by atoms with van der Waals surface area (Å²) in [4.78, 5) is 26.2. The number of hydrogen-bond acceptors (Lipinski definition) is 2. The van der Waals surface area contributed by atoms with E-state index in [1.165, 1.54) is 12.1 Å². The second-order valence-electron chi connectivity index (χ2n) is 6.24. The third-order valence-electron chi connectivity index (χ3n) is 4.37. The SMILES string of the molecule is CCCC(C)NC(=O)C1CCN(C(=O)c2ccccc2F)CC1. The van der Waals surface area contributed by atoms with Gasteiger partial charge in [-0.15, -0.1) is 0 Å². The van der Waals surface area contributed by atoms with Gasteiger partial charge in [-0.3, -0.25) is 9.59 Å². The maximum atomic E-state index is 13.7. The molecule has 2 rings (SSSR count). The zero-order valence-electron chi connectivity index (χ0n) is 13.8. The predicted octanol–water partition coefficient (Wildman–Crippen LogP) is 2.98. The van der Waals surface area contributed by atoms with Gasteiger partial charge in [0.05, 0.1) is 5.56 Å². The first-order valence-electron chi connectivity index (χ1n) is 8.37. The third kappa shape index (κ3) is 4.53. The first-order valence-corrected chi connectivity index (χ1v) is 8.37. The standard InChI is InChI=1S/C18H25FN2O2/c1-3-6-13(2)20-17(22)14-9-11-21(12-10-14)18(23)15-7-4-5-8-16(15)19/h4-5,7-8,13-14H,3,6,9-12H2,1-2H3,(H,20,22). The van der Waals surface area contributed by atoms with Crippen molar-refractivity contribution in [3.8, 4) is 0 Å². The van der Waals surface area contributed by atoms with Gasteiger partial charge in [0.2, 0.25) is 5.91 Å². The predicted molar refractivity (Wildman–Crippen MR) is 87.5 cm³/mol. The number of piperidine rings is 1. The fraction of sp³-hybridized carbons (Fsp3) is 0.556. The Kier molecular flexibility index (Phi) is 6.13. The lowest BCUT2D eigenvalue weighted by atomic mass is 9.95. The summed E-state index contributed by atoms with van der Waals surface area (Å²) in [5.74, 6) is -0.769. The van der Waals surface area contributed by atoms with E-state index >= 15 is 0 Å². The first kappa shape index (κ1) is 17.4. The highest BCUT2D eigenvalue weighted by Crippen LogP contribution is 2.20. The molecule has 0 radical (unpaired) electrons. The van der Waals surface area contributed by atoms with Gasteiger partial charge in [0.15, 0.2) is 0 Å². The molecule has 1 saturated heterocycles. The highest BCUT2D eigenvalue weighted by Gasteiger charge is 2.29. The maximum absolute atomic E-state index is 13.7. The van der Waals surface area contributed by atoms with Gasteiger partial charge < -0.3 is 10.2 Å². The van der Waals surface area contributed by atoms with Crippen molar-refractivity contribution < 1.29 is 14.0 Å². The van der Waals surface area contributed by atoms with Gasteiger partial charge in [-0.05, 0) is 38.3 Å². The zero-order valence-corrected chi connectivity index (χ0v) is 13.8. The van der Waals surface area contributed by atoms with E-state index in [2.05, 4.69) is 12.2 Å². The van der Waals surface area contributed by atoms with E-state index in [0.717, 1.165) is 12.8 Å². The molecule has 1 aliphatic heterocycles. The van der Waals surface area contributed by atoms with Crippen molar-refractivity contribution >= 4 is 11.8 Å². The molecule has 126 valence electrons. The highest BCUT2D eigenvalue weighted by atomic mass is 19.1. The fourth-order valence-corrected chi connectivity index (χ4v) is 3.02. The second kappa shape index (κ2) is 8.09. The molecule has 0 saturated carbocycles. The number of carbonyl (C=O) groups excluding carboxylic acids is 2. The first-order chi connectivity index (χ1) is 11.0. The Bertz CT molecular complexity index is 554. The normalized spacial score (nSPS) is 16.9. The van der Waals surface area contributed by atoms with Crippen LogP contribution in [0.3, 0.4) is 0 Å². The monoisotopic (exact) mass is 320 g/mol. The number of amides is 2. The second-order valence-corrected chi connectivity index (χ2v) is 6.24. The van der Waals surface area contributed by atoms with E-state index < -0.39 is 5.82 Å². The lowest BCUT2D eigenvalue weighted by molar-refractivity contribution is -0.126. The molecule has 0 aromatic heterocycles. The summed E-state index contributed by atoms with van der Waals surface area (Å²) in [6, 6.07) is 6.21. The maximum Gasteiger partial charge on any atom is 0.256 e. The summed E-state index contributed by atoms with van der Waals surface area (Å²) in [6.45, 7) is 5.09. The molecule has 1 N–H and O–H groups in total. The molecule has 2 amide bonds. The van der Waals surface area contributed by atoms with Crippen molar-refractivity contribution in [3.05, 3.63) is 35.6 Å². The summed E-state index contributed by atoms with van der Waals surface area (Å²) in [7, 11) is 0. The van der Waals surface area contributed by atoms with Gasteiger partial charge in [0.25, 0.3) is 5.91 Å². The Balaban J connectivity index is 1.87. The van der Waals surface area contributed by atoms with E-state index in [9.17, 15) is 14.0 Å². The van der Waals surface area contributed by atoms with Crippen molar-refractivity contribution in [2.75, 3.05) is 13.1 Å². The van der Waals surface area contributed by atoms with Crippen LogP contribution in [0.2, 0.25) is 0 Å². The number of hydrogen-bond donors (Lipinski definition) is 1. The summed E-state index contributed by atoms with van der Waals surface area (Å²) < 4.78 is 13.7. The van der Waals surface area contributed by atoms with Crippen LogP contribution < -0.4 is 5.32 Å². The van der Waals surface area contributed by atoms with E-state index in [4.69, 9.17) is 0 Å². The average molecular weight is 320 g/mol. The molecule has 0 bridgehead atoms. The van der Waals surface area contributed by atoms with Crippen LogP contribution in [0.15, 0.2) is 24.3 Å². The van der Waals surface area contributed by atoms with Crippen LogP contribution in [0, 0.1) is 11.7 Å². The van der Waals surface area contributed by atoms with Crippen LogP contribution in [0.5, 0.6) is 0 Å². The molecule has 1 aromatic carbocycles. The minimum absolute atomic E-state index is 0.0565. The van der Waals surface area contributed by atoms with Crippen molar-refractivity contribution in [2.45, 2.75) is 45.6 Å². The minimum Gasteiger partial charge on any atom is -0.353 e. The number of benzene rings is 1. The highest BCUT2D eigenvalue weighted by molar-refractivity contribution is 5.94. The molecule has 1 fully saturated rings. The Morgan fingerprint density at radius 2 is 1.96 bits per heavy atom. The van der Waals surface area contributed by atoms with E-state index in [0.29, 0.717) is 25.9 Å². The topological polar surface area (TPSA) is 49.4 Å². The van der Waals surface area contributed by atoms with Gasteiger partial charge >= 0.3 is 0 Å². The quantitative estimate of drug-likeness (QED) is 0.907. The van der Waals surface area contributed by atoms with Gasteiger partial charge in [0, 0.05) is 25.0 Å². The summed E-state index contributed by atoms with van der Waals surface area (Å²) >= 11 is 0. The number of halogens is 1. The van der Waals surface area contributed by atoms with Crippen molar-refractivity contribution in [3.63, 3.8) is 0 Å². The van der Waals surface area contributed by atoms with Crippen LogP contribution in [-0.4, -0.2) is 35.8 Å². The molecule has 1 atom stereocenters. The molecule has 0 spiro atoms.